The molecule has 1 aliphatic heterocycles. The second kappa shape index (κ2) is 9.55. The lowest BCUT2D eigenvalue weighted by molar-refractivity contribution is -0.140. The number of nitrogens with zero attached hydrogens (tertiary/aromatic N) is 2. The molecule has 2 aromatic rings. The minimum absolute atomic E-state index is 0.139. The average Bonchev–Trinajstić information content (AvgIpc) is 3.11. The normalized spacial score (nSPS) is 25.3. The molecule has 176 valence electrons. The number of imide groups is 1. The number of carbonyl (C=O) groups excluding carboxylic acids is 2. The second-order valence-electron chi connectivity index (χ2n) is 8.72. The van der Waals surface area contributed by atoms with Crippen LogP contribution in [-0.2, 0) is 16.2 Å². The van der Waals surface area contributed by atoms with Crippen molar-refractivity contribution in [2.45, 2.75) is 26.4 Å². The lowest BCUT2D eigenvalue weighted by Gasteiger charge is -2.37. The first-order valence-electron chi connectivity index (χ1n) is 11.4. The van der Waals surface area contributed by atoms with Crippen molar-refractivity contribution < 1.29 is 19.1 Å². The first-order chi connectivity index (χ1) is 16.5. The van der Waals surface area contributed by atoms with Gasteiger partial charge in [0.2, 0.25) is 0 Å². The van der Waals surface area contributed by atoms with Gasteiger partial charge in [-0.1, -0.05) is 42.0 Å². The van der Waals surface area contributed by atoms with Crippen LogP contribution in [0.3, 0.4) is 0 Å². The summed E-state index contributed by atoms with van der Waals surface area (Å²) in [4.78, 5) is 26.0. The van der Waals surface area contributed by atoms with E-state index in [9.17, 15) is 9.59 Å². The molecule has 2 amide bonds. The topological polar surface area (TPSA) is 68.2 Å². The Labute approximate surface area is 211 Å². The quantitative estimate of drug-likeness (QED) is 0.259. The largest absolute Gasteiger partial charge is 0.490 e. The van der Waals surface area contributed by atoms with Gasteiger partial charge in [0.25, 0.3) is 11.8 Å². The Morgan fingerprint density at radius 2 is 1.76 bits per heavy atom. The summed E-state index contributed by atoms with van der Waals surface area (Å²) in [6, 6.07) is 11.1. The van der Waals surface area contributed by atoms with E-state index in [0.29, 0.717) is 33.2 Å². The molecule has 0 spiro atoms. The van der Waals surface area contributed by atoms with Crippen molar-refractivity contribution in [3.05, 3.63) is 69.2 Å². The lowest BCUT2D eigenvalue weighted by Crippen LogP contribution is -2.38. The van der Waals surface area contributed by atoms with Crippen molar-refractivity contribution in [3.8, 4) is 11.5 Å². The van der Waals surface area contributed by atoms with E-state index in [1.54, 1.807) is 6.07 Å². The third-order valence-electron chi connectivity index (χ3n) is 6.72. The van der Waals surface area contributed by atoms with Crippen molar-refractivity contribution in [3.63, 3.8) is 0 Å². The summed E-state index contributed by atoms with van der Waals surface area (Å²) in [5.74, 6) is 0.392. The molecule has 4 atom stereocenters. The smallest absolute Gasteiger partial charge is 0.254 e. The van der Waals surface area contributed by atoms with Crippen LogP contribution in [0, 0.1) is 23.7 Å². The van der Waals surface area contributed by atoms with Gasteiger partial charge in [-0.25, -0.2) is 0 Å². The molecule has 0 aromatic heterocycles. The summed E-state index contributed by atoms with van der Waals surface area (Å²) in [5.41, 5.74) is 1.54. The van der Waals surface area contributed by atoms with Crippen molar-refractivity contribution in [2.24, 2.45) is 28.8 Å². The van der Waals surface area contributed by atoms with Crippen molar-refractivity contribution in [1.82, 2.24) is 5.01 Å². The number of hydrogen-bond donors (Lipinski definition) is 0. The number of rotatable bonds is 7. The summed E-state index contributed by atoms with van der Waals surface area (Å²) >= 11 is 9.80. The fourth-order valence-corrected chi connectivity index (χ4v) is 5.89. The Hall–Kier alpha value is -2.64. The number of benzene rings is 2. The van der Waals surface area contributed by atoms with Gasteiger partial charge in [-0.3, -0.25) is 9.59 Å². The molecule has 6 rings (SSSR count). The number of carbonyl (C=O) groups is 2. The predicted molar refractivity (Wildman–Crippen MR) is 133 cm³/mol. The molecule has 0 N–H and O–H groups in total. The van der Waals surface area contributed by atoms with Crippen LogP contribution >= 0.6 is 27.5 Å². The standard InChI is InChI=1S/C26H24BrClN2O4/c1-2-33-21-12-15(11-19(27)24(21)34-14-18-5-3-4-6-20(18)28)13-29-30-25(31)22-16-7-8-17(10-9-16)23(22)26(30)32/h3-8,11-13,16-17,22-23H,2,9-10,14H2,1H3/b29-13-/t16-,17-,22-,23+/m1/s1. The van der Waals surface area contributed by atoms with E-state index >= 15 is 0 Å². The zero-order valence-electron chi connectivity index (χ0n) is 18.6. The average molecular weight is 544 g/mol. The van der Waals surface area contributed by atoms with Crippen LogP contribution in [0.2, 0.25) is 5.02 Å². The number of ether oxygens (including phenoxy) is 2. The number of hydrazone groups is 1. The van der Waals surface area contributed by atoms with Gasteiger partial charge in [-0.2, -0.15) is 10.1 Å². The molecular weight excluding hydrogens is 520 g/mol. The van der Waals surface area contributed by atoms with Crippen molar-refractivity contribution in [2.75, 3.05) is 6.61 Å². The molecule has 6 nitrogen and oxygen atoms in total. The van der Waals surface area contributed by atoms with Gasteiger partial charge < -0.3 is 9.47 Å². The number of amides is 2. The van der Waals surface area contributed by atoms with E-state index in [1.807, 2.05) is 37.3 Å². The summed E-state index contributed by atoms with van der Waals surface area (Å²) in [6.45, 7) is 2.61. The summed E-state index contributed by atoms with van der Waals surface area (Å²) in [7, 11) is 0. The number of hydrogen-bond acceptors (Lipinski definition) is 5. The van der Waals surface area contributed by atoms with Crippen LogP contribution in [-0.4, -0.2) is 29.6 Å². The highest BCUT2D eigenvalue weighted by Crippen LogP contribution is 2.49. The van der Waals surface area contributed by atoms with Crippen molar-refractivity contribution in [1.29, 1.82) is 0 Å². The molecule has 4 aliphatic rings. The maximum Gasteiger partial charge on any atom is 0.254 e. The van der Waals surface area contributed by atoms with Crippen LogP contribution < -0.4 is 9.47 Å². The second-order valence-corrected chi connectivity index (χ2v) is 9.98. The highest BCUT2D eigenvalue weighted by Gasteiger charge is 2.56. The Morgan fingerprint density at radius 3 is 2.38 bits per heavy atom. The molecule has 0 radical (unpaired) electrons. The molecule has 8 heteroatoms. The summed E-state index contributed by atoms with van der Waals surface area (Å²) < 4.78 is 12.5. The lowest BCUT2D eigenvalue weighted by atomic mass is 9.63. The van der Waals surface area contributed by atoms with Crippen LogP contribution in [0.1, 0.15) is 30.9 Å². The molecule has 1 saturated carbocycles. The van der Waals surface area contributed by atoms with E-state index in [2.05, 4.69) is 33.2 Å². The van der Waals surface area contributed by atoms with E-state index in [-0.39, 0.29) is 42.1 Å². The van der Waals surface area contributed by atoms with Gasteiger partial charge in [0.1, 0.15) is 6.61 Å². The zero-order valence-corrected chi connectivity index (χ0v) is 21.0. The van der Waals surface area contributed by atoms with Crippen molar-refractivity contribution >= 4 is 45.6 Å². The molecule has 1 heterocycles. The Balaban J connectivity index is 1.36. The first-order valence-corrected chi connectivity index (χ1v) is 12.6. The minimum atomic E-state index is -0.278. The number of fused-ring (bicyclic) bond motifs is 1. The Morgan fingerprint density at radius 1 is 1.09 bits per heavy atom. The molecule has 0 unspecified atom stereocenters. The molecule has 3 aliphatic carbocycles. The molecule has 1 saturated heterocycles. The highest BCUT2D eigenvalue weighted by molar-refractivity contribution is 9.10. The number of allylic oxidation sites excluding steroid dienone is 2. The molecule has 34 heavy (non-hydrogen) atoms. The Kier molecular flexibility index (Phi) is 6.49. The maximum atomic E-state index is 13.0. The van der Waals surface area contributed by atoms with Gasteiger partial charge in [0, 0.05) is 10.6 Å². The summed E-state index contributed by atoms with van der Waals surface area (Å²) in [6.07, 6.45) is 7.63. The van der Waals surface area contributed by atoms with Crippen LogP contribution in [0.5, 0.6) is 11.5 Å². The first kappa shape index (κ1) is 23.1. The molecule has 2 bridgehead atoms. The number of halogens is 2. The maximum absolute atomic E-state index is 13.0. The van der Waals surface area contributed by atoms with E-state index < -0.39 is 0 Å². The van der Waals surface area contributed by atoms with E-state index in [4.69, 9.17) is 21.1 Å². The van der Waals surface area contributed by atoms with Crippen LogP contribution in [0.15, 0.2) is 58.1 Å². The zero-order chi connectivity index (χ0) is 23.8. The van der Waals surface area contributed by atoms with E-state index in [0.717, 1.165) is 23.4 Å². The van der Waals surface area contributed by atoms with Gasteiger partial charge in [-0.15, -0.1) is 0 Å². The fraction of sp³-hybridized carbons (Fsp3) is 0.346. The third-order valence-corrected chi connectivity index (χ3v) is 7.68. The van der Waals surface area contributed by atoms with Crippen LogP contribution in [0.25, 0.3) is 0 Å². The SMILES string of the molecule is CCOc1cc(/C=N\N2C(=O)[C@@H]3[C@H](C2=O)[C@@H]2C=C[C@@H]3CC2)cc(Br)c1OCc1ccccc1Cl. The molecular formula is C26H24BrClN2O4. The molecule has 2 aromatic carbocycles. The van der Waals surface area contributed by atoms with Crippen LogP contribution in [0.4, 0.5) is 0 Å². The minimum Gasteiger partial charge on any atom is -0.490 e. The Bertz CT molecular complexity index is 1170. The van der Waals surface area contributed by atoms with Gasteiger partial charge in [0.15, 0.2) is 11.5 Å². The molecule has 2 fully saturated rings. The summed E-state index contributed by atoms with van der Waals surface area (Å²) in [5, 5.41) is 5.99. The predicted octanol–water partition coefficient (Wildman–Crippen LogP) is 5.61. The third kappa shape index (κ3) is 4.16. The van der Waals surface area contributed by atoms with Gasteiger partial charge in [0.05, 0.1) is 29.1 Å². The fourth-order valence-electron chi connectivity index (χ4n) is 5.13. The highest BCUT2D eigenvalue weighted by atomic mass is 79.9. The van der Waals surface area contributed by atoms with Gasteiger partial charge in [-0.05, 0) is 71.3 Å². The van der Waals surface area contributed by atoms with E-state index in [1.165, 1.54) is 6.21 Å². The van der Waals surface area contributed by atoms with Gasteiger partial charge >= 0.3 is 0 Å². The monoisotopic (exact) mass is 542 g/mol.